The van der Waals surface area contributed by atoms with E-state index in [1.165, 1.54) is 6.92 Å². The molecule has 0 bridgehead atoms. The van der Waals surface area contributed by atoms with E-state index in [0.29, 0.717) is 0 Å². The highest BCUT2D eigenvalue weighted by atomic mass is 16.5. The Hall–Kier alpha value is -1.32. The fraction of sp³-hybridized carbons (Fsp3) is 0.429. The molecule has 0 unspecified atom stereocenters. The summed E-state index contributed by atoms with van der Waals surface area (Å²) >= 11 is 0. The number of ether oxygens (including phenoxy) is 1. The van der Waals surface area contributed by atoms with Crippen LogP contribution in [-0.2, 0) is 14.3 Å². The number of ketones is 1. The maximum atomic E-state index is 10.6. The van der Waals surface area contributed by atoms with Gasteiger partial charge in [-0.1, -0.05) is 0 Å². The van der Waals surface area contributed by atoms with Crippen molar-refractivity contribution in [3.05, 3.63) is 11.8 Å². The topological polar surface area (TPSA) is 63.6 Å². The Morgan fingerprint density at radius 1 is 1.55 bits per heavy atom. The van der Waals surface area contributed by atoms with Crippen molar-refractivity contribution in [2.75, 3.05) is 6.61 Å². The molecular formula is C7H10O4. The van der Waals surface area contributed by atoms with E-state index in [4.69, 9.17) is 5.11 Å². The number of esters is 1. The van der Waals surface area contributed by atoms with Gasteiger partial charge in [-0.25, -0.2) is 4.79 Å². The Bertz CT molecular complexity index is 193. The first-order chi connectivity index (χ1) is 5.07. The van der Waals surface area contributed by atoms with Gasteiger partial charge in [-0.15, -0.1) is 0 Å². The van der Waals surface area contributed by atoms with Crippen molar-refractivity contribution < 1.29 is 19.4 Å². The predicted octanol–water partition coefficient (Wildman–Crippen LogP) is 0.580. The molecule has 0 aliphatic rings. The molecule has 0 aromatic heterocycles. The molecule has 1 N–H and O–H groups in total. The minimum absolute atomic E-state index is 0.175. The van der Waals surface area contributed by atoms with Crippen molar-refractivity contribution >= 4 is 11.8 Å². The summed E-state index contributed by atoms with van der Waals surface area (Å²) in [6.45, 7) is 3.02. The van der Waals surface area contributed by atoms with Gasteiger partial charge in [0, 0.05) is 6.08 Å². The van der Waals surface area contributed by atoms with E-state index in [2.05, 4.69) is 4.74 Å². The highest BCUT2D eigenvalue weighted by molar-refractivity contribution is 5.96. The molecule has 0 amide bonds. The van der Waals surface area contributed by atoms with Crippen LogP contribution in [0.15, 0.2) is 11.8 Å². The van der Waals surface area contributed by atoms with Crippen molar-refractivity contribution in [1.82, 2.24) is 0 Å². The minimum Gasteiger partial charge on any atom is -0.502 e. The largest absolute Gasteiger partial charge is 0.502 e. The van der Waals surface area contributed by atoms with Crippen LogP contribution < -0.4 is 0 Å². The zero-order chi connectivity index (χ0) is 8.85. The molecular weight excluding hydrogens is 148 g/mol. The molecule has 0 rings (SSSR count). The number of hydrogen-bond acceptors (Lipinski definition) is 4. The fourth-order valence-corrected chi connectivity index (χ4v) is 0.456. The van der Waals surface area contributed by atoms with Crippen LogP contribution in [-0.4, -0.2) is 23.5 Å². The standard InChI is InChI=1S/C7H10O4/c1-3-11-7(10)6(9)4-5(2)8/h4,9H,3H2,1-2H3/b6-4+. The quantitative estimate of drug-likeness (QED) is 0.370. The van der Waals surface area contributed by atoms with E-state index in [-0.39, 0.29) is 6.61 Å². The lowest BCUT2D eigenvalue weighted by atomic mass is 10.3. The molecule has 0 heterocycles. The summed E-state index contributed by atoms with van der Waals surface area (Å²) in [6.07, 6.45) is 0.817. The molecule has 0 atom stereocenters. The van der Waals surface area contributed by atoms with Gasteiger partial charge in [0.25, 0.3) is 0 Å². The maximum absolute atomic E-state index is 10.6. The monoisotopic (exact) mass is 158 g/mol. The summed E-state index contributed by atoms with van der Waals surface area (Å²) in [4.78, 5) is 20.9. The van der Waals surface area contributed by atoms with Crippen molar-refractivity contribution in [1.29, 1.82) is 0 Å². The van der Waals surface area contributed by atoms with Gasteiger partial charge in [0.15, 0.2) is 5.78 Å². The molecule has 0 saturated carbocycles. The third-order valence-corrected chi connectivity index (χ3v) is 0.825. The third-order valence-electron chi connectivity index (χ3n) is 0.825. The van der Waals surface area contributed by atoms with E-state index in [1.54, 1.807) is 6.92 Å². The number of allylic oxidation sites excluding steroid dienone is 1. The van der Waals surface area contributed by atoms with Gasteiger partial charge in [-0.05, 0) is 13.8 Å². The smallest absolute Gasteiger partial charge is 0.373 e. The highest BCUT2D eigenvalue weighted by Crippen LogP contribution is 1.92. The van der Waals surface area contributed by atoms with Gasteiger partial charge < -0.3 is 9.84 Å². The SMILES string of the molecule is CCOC(=O)/C(O)=C\C(C)=O. The van der Waals surface area contributed by atoms with E-state index in [0.717, 1.165) is 6.08 Å². The van der Waals surface area contributed by atoms with Crippen molar-refractivity contribution in [2.24, 2.45) is 0 Å². The first-order valence-corrected chi connectivity index (χ1v) is 3.16. The molecule has 0 aromatic rings. The summed E-state index contributed by atoms with van der Waals surface area (Å²) in [7, 11) is 0. The van der Waals surface area contributed by atoms with Gasteiger partial charge in [0.05, 0.1) is 6.61 Å². The van der Waals surface area contributed by atoms with Crippen molar-refractivity contribution in [3.63, 3.8) is 0 Å². The zero-order valence-electron chi connectivity index (χ0n) is 6.46. The number of rotatable bonds is 3. The molecule has 0 aromatic carbocycles. The van der Waals surface area contributed by atoms with Gasteiger partial charge in [-0.2, -0.15) is 0 Å². The van der Waals surface area contributed by atoms with Crippen LogP contribution in [0.1, 0.15) is 13.8 Å². The predicted molar refractivity (Wildman–Crippen MR) is 38.0 cm³/mol. The third kappa shape index (κ3) is 4.13. The Balaban J connectivity index is 4.12. The number of hydrogen-bond donors (Lipinski definition) is 1. The fourth-order valence-electron chi connectivity index (χ4n) is 0.456. The second kappa shape index (κ2) is 4.49. The Kier molecular flexibility index (Phi) is 3.95. The van der Waals surface area contributed by atoms with Crippen LogP contribution in [0.3, 0.4) is 0 Å². The second-order valence-electron chi connectivity index (χ2n) is 1.86. The lowest BCUT2D eigenvalue weighted by molar-refractivity contribution is -0.141. The molecule has 0 aliphatic heterocycles. The molecule has 0 radical (unpaired) electrons. The average Bonchev–Trinajstić information content (AvgIpc) is 1.86. The Labute approximate surface area is 64.5 Å². The number of carbonyl (C=O) groups is 2. The summed E-state index contributed by atoms with van der Waals surface area (Å²) in [6, 6.07) is 0. The lowest BCUT2D eigenvalue weighted by Gasteiger charge is -1.97. The first-order valence-electron chi connectivity index (χ1n) is 3.16. The molecule has 4 heteroatoms. The van der Waals surface area contributed by atoms with Crippen molar-refractivity contribution in [3.8, 4) is 0 Å². The Morgan fingerprint density at radius 3 is 2.45 bits per heavy atom. The maximum Gasteiger partial charge on any atom is 0.373 e. The van der Waals surface area contributed by atoms with E-state index >= 15 is 0 Å². The van der Waals surface area contributed by atoms with E-state index in [1.807, 2.05) is 0 Å². The van der Waals surface area contributed by atoms with E-state index in [9.17, 15) is 9.59 Å². The first kappa shape index (κ1) is 9.68. The van der Waals surface area contributed by atoms with E-state index < -0.39 is 17.5 Å². The molecule has 4 nitrogen and oxygen atoms in total. The normalized spacial score (nSPS) is 10.9. The molecule has 62 valence electrons. The summed E-state index contributed by atoms with van der Waals surface area (Å²) in [5.74, 6) is -1.92. The molecule has 11 heavy (non-hydrogen) atoms. The second-order valence-corrected chi connectivity index (χ2v) is 1.86. The van der Waals surface area contributed by atoms with Crippen LogP contribution in [0.2, 0.25) is 0 Å². The summed E-state index contributed by atoms with van der Waals surface area (Å²) < 4.78 is 4.40. The number of aliphatic hydroxyl groups is 1. The van der Waals surface area contributed by atoms with Gasteiger partial charge >= 0.3 is 5.97 Å². The van der Waals surface area contributed by atoms with Gasteiger partial charge in [0.2, 0.25) is 5.76 Å². The van der Waals surface area contributed by atoms with Gasteiger partial charge in [0.1, 0.15) is 0 Å². The van der Waals surface area contributed by atoms with Crippen molar-refractivity contribution in [2.45, 2.75) is 13.8 Å². The summed E-state index contributed by atoms with van der Waals surface area (Å²) in [5.41, 5.74) is 0. The molecule has 0 aliphatic carbocycles. The van der Waals surface area contributed by atoms with Crippen LogP contribution >= 0.6 is 0 Å². The molecule has 0 saturated heterocycles. The Morgan fingerprint density at radius 2 is 2.09 bits per heavy atom. The number of aliphatic hydroxyl groups excluding tert-OH is 1. The van der Waals surface area contributed by atoms with Crippen LogP contribution in [0, 0.1) is 0 Å². The molecule has 0 spiro atoms. The number of carbonyl (C=O) groups excluding carboxylic acids is 2. The minimum atomic E-state index is -0.872. The van der Waals surface area contributed by atoms with Crippen LogP contribution in [0.25, 0.3) is 0 Å². The highest BCUT2D eigenvalue weighted by Gasteiger charge is 2.07. The lowest BCUT2D eigenvalue weighted by Crippen LogP contribution is -2.08. The molecule has 0 fully saturated rings. The summed E-state index contributed by atoms with van der Waals surface area (Å²) in [5, 5.41) is 8.78. The van der Waals surface area contributed by atoms with Crippen LogP contribution in [0.4, 0.5) is 0 Å². The van der Waals surface area contributed by atoms with Crippen LogP contribution in [0.5, 0.6) is 0 Å². The van der Waals surface area contributed by atoms with Gasteiger partial charge in [-0.3, -0.25) is 4.79 Å². The average molecular weight is 158 g/mol. The zero-order valence-corrected chi connectivity index (χ0v) is 6.46.